The number of carbonyl (C=O) groups is 2. The molecule has 0 spiro atoms. The fourth-order valence-corrected chi connectivity index (χ4v) is 1.87. The van der Waals surface area contributed by atoms with Crippen LogP contribution >= 0.6 is 11.6 Å². The number of benzene rings is 1. The van der Waals surface area contributed by atoms with Crippen LogP contribution in [0.1, 0.15) is 26.7 Å². The Morgan fingerprint density at radius 1 is 1.33 bits per heavy atom. The van der Waals surface area contributed by atoms with E-state index in [0.717, 1.165) is 0 Å². The summed E-state index contributed by atoms with van der Waals surface area (Å²) >= 11 is 5.82. The number of aromatic carboxylic acids is 1. The topological polar surface area (TPSA) is 88.8 Å². The van der Waals surface area contributed by atoms with Crippen molar-refractivity contribution in [2.24, 2.45) is 0 Å². The molecule has 0 atom stereocenters. The number of carboxylic acids is 1. The first-order valence-corrected chi connectivity index (χ1v) is 6.33. The zero-order chi connectivity index (χ0) is 15.4. The fourth-order valence-electron chi connectivity index (χ4n) is 1.70. The number of ether oxygens (including phenoxy) is 1. The number of amides is 1. The van der Waals surface area contributed by atoms with Gasteiger partial charge in [0.05, 0.1) is 19.2 Å². The third-order valence-corrected chi connectivity index (χ3v) is 2.94. The number of halogens is 1. The maximum atomic E-state index is 12.1. The summed E-state index contributed by atoms with van der Waals surface area (Å²) in [5.74, 6) is -1.02. The van der Waals surface area contributed by atoms with Gasteiger partial charge in [0.25, 0.3) is 5.91 Å². The van der Waals surface area contributed by atoms with Gasteiger partial charge < -0.3 is 19.6 Å². The molecule has 0 aliphatic heterocycles. The lowest BCUT2D eigenvalue weighted by atomic mass is 10.2. The Morgan fingerprint density at radius 2 is 2.10 bits per heavy atom. The van der Waals surface area contributed by atoms with Gasteiger partial charge in [-0.2, -0.15) is 0 Å². The van der Waals surface area contributed by atoms with Crippen molar-refractivity contribution in [3.05, 3.63) is 52.4 Å². The van der Waals surface area contributed by atoms with E-state index in [2.05, 4.69) is 5.32 Å². The van der Waals surface area contributed by atoms with Crippen molar-refractivity contribution >= 4 is 23.5 Å². The van der Waals surface area contributed by atoms with E-state index in [1.807, 2.05) is 0 Å². The summed E-state index contributed by atoms with van der Waals surface area (Å²) in [4.78, 5) is 22.7. The maximum Gasteiger partial charge on any atom is 0.371 e. The molecule has 0 radical (unpaired) electrons. The van der Waals surface area contributed by atoms with Crippen LogP contribution in [-0.2, 0) is 6.54 Å². The Morgan fingerprint density at radius 3 is 2.71 bits per heavy atom. The van der Waals surface area contributed by atoms with Crippen LogP contribution in [0.5, 0.6) is 5.75 Å². The second kappa shape index (κ2) is 6.32. The molecule has 0 bridgehead atoms. The molecule has 0 fully saturated rings. The van der Waals surface area contributed by atoms with E-state index in [9.17, 15) is 9.59 Å². The molecule has 0 saturated heterocycles. The number of hydrogen-bond donors (Lipinski definition) is 2. The minimum absolute atomic E-state index is 0.0674. The van der Waals surface area contributed by atoms with E-state index in [-0.39, 0.29) is 18.2 Å². The Bertz CT molecular complexity index is 680. The molecule has 7 heteroatoms. The van der Waals surface area contributed by atoms with Gasteiger partial charge in [-0.25, -0.2) is 4.79 Å². The number of carboxylic acid groups (broad SMARTS) is 1. The molecular formula is C14H12ClNO5. The highest BCUT2D eigenvalue weighted by molar-refractivity contribution is 6.30. The highest BCUT2D eigenvalue weighted by Crippen LogP contribution is 2.23. The van der Waals surface area contributed by atoms with Crippen LogP contribution in [-0.4, -0.2) is 24.1 Å². The van der Waals surface area contributed by atoms with Gasteiger partial charge in [-0.1, -0.05) is 11.6 Å². The van der Waals surface area contributed by atoms with E-state index in [1.54, 1.807) is 12.1 Å². The van der Waals surface area contributed by atoms with Gasteiger partial charge >= 0.3 is 5.97 Å². The molecule has 6 nitrogen and oxygen atoms in total. The van der Waals surface area contributed by atoms with E-state index in [4.69, 9.17) is 25.9 Å². The molecule has 21 heavy (non-hydrogen) atoms. The van der Waals surface area contributed by atoms with Crippen LogP contribution in [0.25, 0.3) is 0 Å². The van der Waals surface area contributed by atoms with Crippen molar-refractivity contribution in [3.63, 3.8) is 0 Å². The molecule has 0 aliphatic carbocycles. The predicted molar refractivity (Wildman–Crippen MR) is 74.8 cm³/mol. The third-order valence-electron chi connectivity index (χ3n) is 2.70. The molecule has 0 aliphatic rings. The molecular weight excluding hydrogens is 298 g/mol. The summed E-state index contributed by atoms with van der Waals surface area (Å²) in [5.41, 5.74) is 0.326. The number of carbonyl (C=O) groups excluding carboxylic acids is 1. The Kier molecular flexibility index (Phi) is 4.49. The van der Waals surface area contributed by atoms with Crippen LogP contribution in [0.2, 0.25) is 5.02 Å². The first kappa shape index (κ1) is 14.9. The van der Waals surface area contributed by atoms with Crippen molar-refractivity contribution in [1.29, 1.82) is 0 Å². The first-order chi connectivity index (χ1) is 10.0. The van der Waals surface area contributed by atoms with Crippen LogP contribution < -0.4 is 10.1 Å². The van der Waals surface area contributed by atoms with Crippen molar-refractivity contribution in [1.82, 2.24) is 5.32 Å². The minimum Gasteiger partial charge on any atom is -0.496 e. The summed E-state index contributed by atoms with van der Waals surface area (Å²) < 4.78 is 10.1. The van der Waals surface area contributed by atoms with E-state index in [1.165, 1.54) is 25.3 Å². The lowest BCUT2D eigenvalue weighted by Crippen LogP contribution is -2.23. The summed E-state index contributed by atoms with van der Waals surface area (Å²) in [7, 11) is 1.44. The van der Waals surface area contributed by atoms with E-state index >= 15 is 0 Å². The van der Waals surface area contributed by atoms with Crippen molar-refractivity contribution in [2.75, 3.05) is 7.11 Å². The Labute approximate surface area is 125 Å². The highest BCUT2D eigenvalue weighted by Gasteiger charge is 2.14. The molecule has 0 unspecified atom stereocenters. The van der Waals surface area contributed by atoms with Crippen LogP contribution in [0, 0.1) is 0 Å². The van der Waals surface area contributed by atoms with Gasteiger partial charge in [-0.15, -0.1) is 0 Å². The van der Waals surface area contributed by atoms with E-state index < -0.39 is 5.97 Å². The number of rotatable bonds is 5. The Hall–Kier alpha value is -2.47. The van der Waals surface area contributed by atoms with Gasteiger partial charge in [0.15, 0.2) is 0 Å². The van der Waals surface area contributed by atoms with Crippen molar-refractivity contribution in [3.8, 4) is 5.75 Å². The minimum atomic E-state index is -1.16. The van der Waals surface area contributed by atoms with Gasteiger partial charge in [-0.3, -0.25) is 4.79 Å². The fraction of sp³-hybridized carbons (Fsp3) is 0.143. The van der Waals surface area contributed by atoms with Crippen LogP contribution in [0.15, 0.2) is 34.7 Å². The standard InChI is InChI=1S/C14H12ClNO5/c1-20-12-6-8(15)2-4-10(12)13(17)16-7-9-3-5-11(21-9)14(18)19/h2-6H,7H2,1H3,(H,16,17)(H,18,19). The van der Waals surface area contributed by atoms with Crippen LogP contribution in [0.4, 0.5) is 0 Å². The number of hydrogen-bond acceptors (Lipinski definition) is 4. The molecule has 1 aromatic heterocycles. The molecule has 2 aromatic rings. The number of nitrogens with one attached hydrogen (secondary N) is 1. The first-order valence-electron chi connectivity index (χ1n) is 5.95. The van der Waals surface area contributed by atoms with Gasteiger partial charge in [0.2, 0.25) is 5.76 Å². The Balaban J connectivity index is 2.06. The zero-order valence-electron chi connectivity index (χ0n) is 11.1. The summed E-state index contributed by atoms with van der Waals surface area (Å²) in [6.07, 6.45) is 0. The predicted octanol–water partition coefficient (Wildman–Crippen LogP) is 2.57. The molecule has 110 valence electrons. The lowest BCUT2D eigenvalue weighted by Gasteiger charge is -2.08. The van der Waals surface area contributed by atoms with Crippen molar-refractivity contribution < 1.29 is 23.8 Å². The average Bonchev–Trinajstić information content (AvgIpc) is 2.93. The summed E-state index contributed by atoms with van der Waals surface area (Å²) in [6, 6.07) is 7.47. The molecule has 2 rings (SSSR count). The summed E-state index contributed by atoms with van der Waals surface area (Å²) in [5, 5.41) is 11.8. The monoisotopic (exact) mass is 309 g/mol. The van der Waals surface area contributed by atoms with Crippen LogP contribution in [0.3, 0.4) is 0 Å². The zero-order valence-corrected chi connectivity index (χ0v) is 11.8. The van der Waals surface area contributed by atoms with Gasteiger partial charge in [-0.05, 0) is 30.3 Å². The average molecular weight is 310 g/mol. The quantitative estimate of drug-likeness (QED) is 0.886. The smallest absolute Gasteiger partial charge is 0.371 e. The number of methoxy groups -OCH3 is 1. The lowest BCUT2D eigenvalue weighted by molar-refractivity contribution is 0.0660. The van der Waals surface area contributed by atoms with Gasteiger partial charge in [0.1, 0.15) is 11.5 Å². The van der Waals surface area contributed by atoms with E-state index in [0.29, 0.717) is 22.1 Å². The second-order valence-electron chi connectivity index (χ2n) is 4.10. The normalized spacial score (nSPS) is 10.2. The SMILES string of the molecule is COc1cc(Cl)ccc1C(=O)NCc1ccc(C(=O)O)o1. The largest absolute Gasteiger partial charge is 0.496 e. The molecule has 2 N–H and O–H groups in total. The second-order valence-corrected chi connectivity index (χ2v) is 4.53. The molecule has 0 saturated carbocycles. The molecule has 1 amide bonds. The van der Waals surface area contributed by atoms with Crippen molar-refractivity contribution in [2.45, 2.75) is 6.54 Å². The van der Waals surface area contributed by atoms with Gasteiger partial charge in [0, 0.05) is 5.02 Å². The molecule has 1 aromatic carbocycles. The number of furan rings is 1. The summed E-state index contributed by atoms with van der Waals surface area (Å²) in [6.45, 7) is 0.0674. The highest BCUT2D eigenvalue weighted by atomic mass is 35.5. The third kappa shape index (κ3) is 3.55. The maximum absolute atomic E-state index is 12.1. The molecule has 1 heterocycles.